The van der Waals surface area contributed by atoms with Gasteiger partial charge < -0.3 is 10.6 Å². The lowest BCUT2D eigenvalue weighted by molar-refractivity contribution is 0.0788. The van der Waals surface area contributed by atoms with Gasteiger partial charge in [0, 0.05) is 32.2 Å². The Balaban J connectivity index is 0.00000225. The van der Waals surface area contributed by atoms with Gasteiger partial charge in [0.15, 0.2) is 0 Å². The summed E-state index contributed by atoms with van der Waals surface area (Å²) in [4.78, 5) is 13.8. The lowest BCUT2D eigenvalue weighted by atomic mass is 10.2. The molecule has 1 atom stereocenters. The number of amides is 1. The monoisotopic (exact) mass is 391 g/mol. The quantitative estimate of drug-likeness (QED) is 0.844. The number of halogens is 2. The van der Waals surface area contributed by atoms with Crippen LogP contribution in [-0.4, -0.2) is 55.8 Å². The molecule has 0 spiro atoms. The molecule has 140 valence electrons. The zero-order valence-electron chi connectivity index (χ0n) is 13.9. The lowest BCUT2D eigenvalue weighted by Crippen LogP contribution is -2.39. The Kier molecular flexibility index (Phi) is 6.42. The fourth-order valence-corrected chi connectivity index (χ4v) is 5.13. The van der Waals surface area contributed by atoms with Crippen molar-refractivity contribution in [2.24, 2.45) is 5.73 Å². The van der Waals surface area contributed by atoms with Crippen LogP contribution in [-0.2, 0) is 10.0 Å². The first-order valence-corrected chi connectivity index (χ1v) is 9.70. The molecular weight excluding hydrogens is 369 g/mol. The first-order valence-electron chi connectivity index (χ1n) is 8.26. The smallest absolute Gasteiger partial charge is 0.256 e. The second-order valence-corrected chi connectivity index (χ2v) is 8.18. The molecule has 0 aliphatic carbocycles. The molecule has 1 amide bonds. The fraction of sp³-hybridized carbons (Fsp3) is 0.562. The Bertz CT molecular complexity index is 738. The highest BCUT2D eigenvalue weighted by molar-refractivity contribution is 7.89. The normalized spacial score (nSPS) is 21.4. The van der Waals surface area contributed by atoms with Crippen molar-refractivity contribution in [1.29, 1.82) is 0 Å². The standard InChI is InChI=1S/C16H22FN3O3S.ClH/c17-15-10-13(24(22,23)20-9-3-4-12(20)11-18)5-6-14(15)16(21)19-7-1-2-8-19;/h5-6,10,12H,1-4,7-9,11,18H2;1H. The second-order valence-electron chi connectivity index (χ2n) is 6.29. The van der Waals surface area contributed by atoms with Gasteiger partial charge in [-0.1, -0.05) is 0 Å². The Hall–Kier alpha value is -1.22. The number of hydrogen-bond acceptors (Lipinski definition) is 4. The van der Waals surface area contributed by atoms with Gasteiger partial charge in [-0.2, -0.15) is 4.31 Å². The van der Waals surface area contributed by atoms with Crippen LogP contribution in [0.5, 0.6) is 0 Å². The fourth-order valence-electron chi connectivity index (χ4n) is 3.42. The predicted molar refractivity (Wildman–Crippen MR) is 94.8 cm³/mol. The zero-order valence-corrected chi connectivity index (χ0v) is 15.5. The van der Waals surface area contributed by atoms with Gasteiger partial charge in [0.05, 0.1) is 10.5 Å². The molecule has 0 aromatic heterocycles. The number of benzene rings is 1. The summed E-state index contributed by atoms with van der Waals surface area (Å²) < 4.78 is 41.1. The molecule has 1 aromatic rings. The van der Waals surface area contributed by atoms with Crippen molar-refractivity contribution in [3.05, 3.63) is 29.6 Å². The average Bonchev–Trinajstić information content (AvgIpc) is 3.25. The minimum Gasteiger partial charge on any atom is -0.339 e. The van der Waals surface area contributed by atoms with Crippen molar-refractivity contribution in [2.75, 3.05) is 26.2 Å². The highest BCUT2D eigenvalue weighted by Gasteiger charge is 2.35. The van der Waals surface area contributed by atoms with Crippen LogP contribution < -0.4 is 5.73 Å². The van der Waals surface area contributed by atoms with Crippen molar-refractivity contribution in [3.63, 3.8) is 0 Å². The van der Waals surface area contributed by atoms with E-state index in [1.54, 1.807) is 4.90 Å². The Morgan fingerprint density at radius 3 is 2.48 bits per heavy atom. The number of sulfonamides is 1. The molecule has 1 unspecified atom stereocenters. The molecule has 2 heterocycles. The van der Waals surface area contributed by atoms with E-state index in [0.717, 1.165) is 25.3 Å². The number of carbonyl (C=O) groups excluding carboxylic acids is 1. The summed E-state index contributed by atoms with van der Waals surface area (Å²) in [6, 6.07) is 3.29. The Morgan fingerprint density at radius 2 is 1.88 bits per heavy atom. The lowest BCUT2D eigenvalue weighted by Gasteiger charge is -2.23. The summed E-state index contributed by atoms with van der Waals surface area (Å²) in [7, 11) is -3.80. The van der Waals surface area contributed by atoms with Crippen LogP contribution in [0.2, 0.25) is 0 Å². The molecule has 2 aliphatic rings. The van der Waals surface area contributed by atoms with Crippen LogP contribution >= 0.6 is 12.4 Å². The zero-order chi connectivity index (χ0) is 17.3. The predicted octanol–water partition coefficient (Wildman–Crippen LogP) is 1.60. The van der Waals surface area contributed by atoms with Crippen LogP contribution in [0.15, 0.2) is 23.1 Å². The number of rotatable bonds is 4. The van der Waals surface area contributed by atoms with Gasteiger partial charge >= 0.3 is 0 Å². The van der Waals surface area contributed by atoms with Crippen LogP contribution in [0.25, 0.3) is 0 Å². The first kappa shape index (κ1) is 20.1. The molecule has 2 fully saturated rings. The summed E-state index contributed by atoms with van der Waals surface area (Å²) >= 11 is 0. The van der Waals surface area contributed by atoms with Gasteiger partial charge in [0.1, 0.15) is 5.82 Å². The number of hydrogen-bond donors (Lipinski definition) is 1. The van der Waals surface area contributed by atoms with E-state index in [4.69, 9.17) is 5.73 Å². The van der Waals surface area contributed by atoms with E-state index in [0.29, 0.717) is 26.1 Å². The average molecular weight is 392 g/mol. The molecule has 0 saturated carbocycles. The van der Waals surface area contributed by atoms with Crippen LogP contribution in [0.1, 0.15) is 36.0 Å². The third-order valence-electron chi connectivity index (χ3n) is 4.77. The molecule has 0 radical (unpaired) electrons. The van der Waals surface area contributed by atoms with Gasteiger partial charge in [-0.15, -0.1) is 12.4 Å². The van der Waals surface area contributed by atoms with E-state index in [-0.39, 0.29) is 41.4 Å². The molecular formula is C16H23ClFN3O3S. The minimum absolute atomic E-state index is 0. The third kappa shape index (κ3) is 3.81. The van der Waals surface area contributed by atoms with E-state index in [1.165, 1.54) is 16.4 Å². The van der Waals surface area contributed by atoms with E-state index in [1.807, 2.05) is 0 Å². The van der Waals surface area contributed by atoms with Gasteiger partial charge in [-0.05, 0) is 43.9 Å². The van der Waals surface area contributed by atoms with Crippen molar-refractivity contribution in [2.45, 2.75) is 36.6 Å². The molecule has 3 rings (SSSR count). The van der Waals surface area contributed by atoms with Gasteiger partial charge in [0.2, 0.25) is 10.0 Å². The molecule has 2 saturated heterocycles. The molecule has 6 nitrogen and oxygen atoms in total. The first-order chi connectivity index (χ1) is 11.4. The maximum atomic E-state index is 14.4. The van der Waals surface area contributed by atoms with Crippen LogP contribution in [0.4, 0.5) is 4.39 Å². The molecule has 0 bridgehead atoms. The summed E-state index contributed by atoms with van der Waals surface area (Å²) in [5, 5.41) is 0. The van der Waals surface area contributed by atoms with Crippen LogP contribution in [0, 0.1) is 5.82 Å². The number of nitrogens with zero attached hydrogens (tertiary/aromatic N) is 2. The number of carbonyl (C=O) groups is 1. The summed E-state index contributed by atoms with van der Waals surface area (Å²) in [6.07, 6.45) is 3.28. The SMILES string of the molecule is Cl.NCC1CCCN1S(=O)(=O)c1ccc(C(=O)N2CCCC2)c(F)c1. The second kappa shape index (κ2) is 7.99. The molecule has 2 aliphatic heterocycles. The van der Waals surface area contributed by atoms with E-state index in [9.17, 15) is 17.6 Å². The summed E-state index contributed by atoms with van der Waals surface area (Å²) in [5.41, 5.74) is 5.56. The molecule has 1 aromatic carbocycles. The van der Waals surface area contributed by atoms with E-state index >= 15 is 0 Å². The summed E-state index contributed by atoms with van der Waals surface area (Å²) in [5.74, 6) is -1.17. The third-order valence-corrected chi connectivity index (χ3v) is 6.71. The van der Waals surface area contributed by atoms with Crippen molar-refractivity contribution < 1.29 is 17.6 Å². The van der Waals surface area contributed by atoms with Gasteiger partial charge in [-0.25, -0.2) is 12.8 Å². The van der Waals surface area contributed by atoms with Gasteiger partial charge in [-0.3, -0.25) is 4.79 Å². The molecule has 9 heteroatoms. The number of likely N-dealkylation sites (tertiary alicyclic amines) is 1. The maximum Gasteiger partial charge on any atom is 0.256 e. The van der Waals surface area contributed by atoms with Crippen molar-refractivity contribution >= 4 is 28.3 Å². The summed E-state index contributed by atoms with van der Waals surface area (Å²) in [6.45, 7) is 1.86. The number of nitrogens with two attached hydrogens (primary N) is 1. The maximum absolute atomic E-state index is 14.4. The Morgan fingerprint density at radius 1 is 1.20 bits per heavy atom. The topological polar surface area (TPSA) is 83.7 Å². The minimum atomic E-state index is -3.80. The van der Waals surface area contributed by atoms with Gasteiger partial charge in [0.25, 0.3) is 5.91 Å². The van der Waals surface area contributed by atoms with Crippen LogP contribution in [0.3, 0.4) is 0 Å². The van der Waals surface area contributed by atoms with Crippen molar-refractivity contribution in [1.82, 2.24) is 9.21 Å². The Labute approximate surface area is 153 Å². The molecule has 25 heavy (non-hydrogen) atoms. The molecule has 2 N–H and O–H groups in total. The largest absolute Gasteiger partial charge is 0.339 e. The highest BCUT2D eigenvalue weighted by Crippen LogP contribution is 2.27. The highest BCUT2D eigenvalue weighted by atomic mass is 35.5. The van der Waals surface area contributed by atoms with Crippen molar-refractivity contribution in [3.8, 4) is 0 Å². The van der Waals surface area contributed by atoms with E-state index < -0.39 is 15.8 Å². The van der Waals surface area contributed by atoms with E-state index in [2.05, 4.69) is 0 Å².